The van der Waals surface area contributed by atoms with E-state index >= 15 is 0 Å². The van der Waals surface area contributed by atoms with E-state index < -0.39 is 52.4 Å². The third kappa shape index (κ3) is 29.5. The second-order valence-electron chi connectivity index (χ2n) is 30.9. The molecule has 1 aliphatic heterocycles. The van der Waals surface area contributed by atoms with Gasteiger partial charge in [-0.1, -0.05) is 186 Å². The van der Waals surface area contributed by atoms with E-state index in [1.165, 1.54) is 53.3 Å². The molecule has 0 saturated heterocycles. The van der Waals surface area contributed by atoms with Crippen LogP contribution in [-0.2, 0) is 45.1 Å². The number of allylic oxidation sites excluding steroid dienone is 1. The number of imidazole rings is 1. The van der Waals surface area contributed by atoms with Crippen molar-refractivity contribution in [2.75, 3.05) is 0 Å². The van der Waals surface area contributed by atoms with Crippen molar-refractivity contribution in [3.63, 3.8) is 0 Å². The maximum atomic E-state index is 13.8. The molecule has 0 spiro atoms. The fourth-order valence-corrected chi connectivity index (χ4v) is 16.1. The van der Waals surface area contributed by atoms with Crippen LogP contribution in [-0.4, -0.2) is 45.4 Å². The highest BCUT2D eigenvalue weighted by Gasteiger charge is 2.21. The van der Waals surface area contributed by atoms with Gasteiger partial charge in [0.25, 0.3) is 0 Å². The Hall–Kier alpha value is -9.15. The standard InChI is InChI=1S/C14H15ClFNS.C14H15F2NS.C14H15F2N.C13H14ClFN2.C13H13ClFNS.C13H12F3NS.C12H12F2N2O/c1-8(2)14-17-9(3)12(18-14)7-10-5-4-6-11(15)13(10)16;1-8(2)14-17-9(3)13(18-14)6-10-4-5-11(15)7-12(10)16;1-9(2)11-6-13(17-8-11)5-10-3-4-12(15)7-14(10)16;1-9(2)12-7-17(8-16-12)6-10-4-3-5-11(14)13(10)15;1-8(2)13-16-7-10(17-13)6-9-4-3-5-11(14)12(9)15;1-7(2)13-17-6-9(18-13)5-10-11(15)3-8(14)4-12(10)16;1-7(2)12-16-15-11(17-12)5-8-3-4-9(13)6-10(8)14/h4-6,8H,7H2,1-3H3;4-5,7-8H,6H2,1-3H3;3-4,7-9H,5-6H2,1-2H3;3-5,7-9H,6H2,1-2H3;3-5,7-8H,6H2,1-2H3;3-4,6-7H,5H2,1-2H3;3-4,6-7H,5H2,1-2H3. The minimum atomic E-state index is -0.902. The summed E-state index contributed by atoms with van der Waals surface area (Å²) in [5.74, 6) is -3.57. The summed E-state index contributed by atoms with van der Waals surface area (Å²) in [4.78, 5) is 30.1. The summed E-state index contributed by atoms with van der Waals surface area (Å²) < 4.78 is 167. The van der Waals surface area contributed by atoms with Gasteiger partial charge in [-0.05, 0) is 95.5 Å². The number of aliphatic imine (C=N–C) groups is 1. The lowest BCUT2D eigenvalue weighted by Gasteiger charge is -2.07. The molecule has 0 fully saturated rings. The fraction of sp³-hybridized carbons (Fsp3) is 0.333. The number of aromatic nitrogens is 8. The molecule has 122 heavy (non-hydrogen) atoms. The molecule has 7 heterocycles. The molecule has 1 aliphatic rings. The molecule has 0 N–H and O–H groups in total. The van der Waals surface area contributed by atoms with Crippen molar-refractivity contribution in [3.05, 3.63) is 350 Å². The molecule has 0 aliphatic carbocycles. The monoisotopic (exact) mass is 1820 g/mol. The van der Waals surface area contributed by atoms with Gasteiger partial charge in [0.15, 0.2) is 0 Å². The van der Waals surface area contributed by atoms with Crippen LogP contribution in [0.3, 0.4) is 0 Å². The summed E-state index contributed by atoms with van der Waals surface area (Å²) in [7, 11) is 0. The normalized spacial score (nSPS) is 11.7. The maximum Gasteiger partial charge on any atom is 0.221 e. The van der Waals surface area contributed by atoms with Crippen LogP contribution < -0.4 is 0 Å². The lowest BCUT2D eigenvalue weighted by atomic mass is 9.97. The fourth-order valence-electron chi connectivity index (χ4n) is 11.4. The molecule has 7 aromatic carbocycles. The van der Waals surface area contributed by atoms with Crippen molar-refractivity contribution in [2.45, 2.75) is 198 Å². The molecule has 13 aromatic rings. The molecule has 10 nitrogen and oxygen atoms in total. The first-order valence-electron chi connectivity index (χ1n) is 39.3. The highest BCUT2D eigenvalue weighted by Crippen LogP contribution is 2.34. The molecule has 0 unspecified atom stereocenters. The minimum absolute atomic E-state index is 0.0995. The Morgan fingerprint density at radius 3 is 1.22 bits per heavy atom. The average Bonchev–Trinajstić information content (AvgIpc) is 1.79. The Morgan fingerprint density at radius 1 is 0.402 bits per heavy atom. The Kier molecular flexibility index (Phi) is 37.5. The van der Waals surface area contributed by atoms with Crippen LogP contribution in [0.15, 0.2) is 167 Å². The van der Waals surface area contributed by atoms with Gasteiger partial charge in [0.2, 0.25) is 11.8 Å². The molecule has 0 saturated carbocycles. The van der Waals surface area contributed by atoms with E-state index in [2.05, 4.69) is 109 Å². The molecule has 0 amide bonds. The van der Waals surface area contributed by atoms with Crippen LogP contribution in [0.1, 0.15) is 246 Å². The van der Waals surface area contributed by atoms with E-state index in [0.29, 0.717) is 119 Å². The number of halogens is 15. The zero-order chi connectivity index (χ0) is 89.5. The Balaban J connectivity index is 0.000000177. The number of benzene rings is 7. The molecule has 0 radical (unpaired) electrons. The van der Waals surface area contributed by atoms with Gasteiger partial charge in [-0.3, -0.25) is 4.99 Å². The predicted octanol–water partition coefficient (Wildman–Crippen LogP) is 29.1. The quantitative estimate of drug-likeness (QED) is 0.0652. The van der Waals surface area contributed by atoms with Crippen molar-refractivity contribution < 1.29 is 57.1 Å². The zero-order valence-electron chi connectivity index (χ0n) is 70.4. The number of aryl methyl sites for hydroxylation is 2. The first-order chi connectivity index (χ1) is 57.7. The SMILES string of the molecule is CC(C)C1=CN=C(Cc2ccc(F)cc2F)C1.CC(C)c1cn(Cc2cccc(Cl)c2F)cn1.CC(C)c1ncc(Cc2c(F)cc(F)cc2F)s1.CC(C)c1ncc(Cc2cccc(Cl)c2F)s1.CC(C)c1nnc(Cc2ccc(F)cc2F)o1.Cc1nc(C(C)C)sc1Cc1ccc(F)cc1F.Cc1nc(C(C)C)sc1Cc1cccc(Cl)c1F. The van der Waals surface area contributed by atoms with E-state index in [9.17, 15) is 52.7 Å². The summed E-state index contributed by atoms with van der Waals surface area (Å²) in [5.41, 5.74) is 8.21. The van der Waals surface area contributed by atoms with E-state index in [-0.39, 0.29) is 62.8 Å². The minimum Gasteiger partial charge on any atom is -0.425 e. The predicted molar refractivity (Wildman–Crippen MR) is 470 cm³/mol. The maximum absolute atomic E-state index is 13.8. The third-order valence-electron chi connectivity index (χ3n) is 18.5. The molecule has 14 rings (SSSR count). The van der Waals surface area contributed by atoms with E-state index in [0.717, 1.165) is 87.0 Å². The van der Waals surface area contributed by atoms with Gasteiger partial charge in [-0.25, -0.2) is 77.6 Å². The molecule has 648 valence electrons. The summed E-state index contributed by atoms with van der Waals surface area (Å²) in [6.45, 7) is 33.2. The van der Waals surface area contributed by atoms with Crippen LogP contribution >= 0.6 is 80.1 Å². The number of rotatable bonds is 21. The smallest absolute Gasteiger partial charge is 0.221 e. The Labute approximate surface area is 736 Å². The van der Waals surface area contributed by atoms with Crippen molar-refractivity contribution in [2.24, 2.45) is 10.9 Å². The molecule has 29 heteroatoms. The summed E-state index contributed by atoms with van der Waals surface area (Å²) in [6.07, 6.45) is 12.1. The second-order valence-corrected chi connectivity index (χ2v) is 36.6. The number of hydrogen-bond donors (Lipinski definition) is 0. The van der Waals surface area contributed by atoms with Gasteiger partial charge in [-0.2, -0.15) is 0 Å². The first kappa shape index (κ1) is 98.3. The van der Waals surface area contributed by atoms with Crippen LogP contribution in [0.5, 0.6) is 0 Å². The first-order valence-corrected chi connectivity index (χ1v) is 43.7. The highest BCUT2D eigenvalue weighted by atomic mass is 35.5. The van der Waals surface area contributed by atoms with Gasteiger partial charge >= 0.3 is 0 Å². The lowest BCUT2D eigenvalue weighted by Crippen LogP contribution is -2.05. The highest BCUT2D eigenvalue weighted by molar-refractivity contribution is 7.12. The summed E-state index contributed by atoms with van der Waals surface area (Å²) in [5, 5.41) is 12.4. The van der Waals surface area contributed by atoms with Gasteiger partial charge in [0.05, 0.1) is 71.5 Å². The summed E-state index contributed by atoms with van der Waals surface area (Å²) in [6, 6.07) is 27.5. The second kappa shape index (κ2) is 46.5. The average molecular weight is 1820 g/mol. The summed E-state index contributed by atoms with van der Waals surface area (Å²) >= 11 is 23.6. The topological polar surface area (TPSA) is 121 Å². The van der Waals surface area contributed by atoms with Gasteiger partial charge in [0, 0.05) is 160 Å². The van der Waals surface area contributed by atoms with Crippen molar-refractivity contribution in [3.8, 4) is 0 Å². The van der Waals surface area contributed by atoms with Crippen LogP contribution in [0.2, 0.25) is 15.1 Å². The molecule has 0 atom stereocenters. The van der Waals surface area contributed by atoms with Crippen molar-refractivity contribution in [1.82, 2.24) is 39.7 Å². The number of nitrogens with zero attached hydrogens (tertiary/aromatic N) is 9. The zero-order valence-corrected chi connectivity index (χ0v) is 75.9. The van der Waals surface area contributed by atoms with Crippen LogP contribution in [0.25, 0.3) is 0 Å². The lowest BCUT2D eigenvalue weighted by molar-refractivity contribution is 0.436. The molecule has 6 aromatic heterocycles. The number of thiazole rings is 4. The van der Waals surface area contributed by atoms with Crippen molar-refractivity contribution >= 4 is 85.9 Å². The van der Waals surface area contributed by atoms with Gasteiger partial charge in [-0.15, -0.1) is 55.5 Å². The third-order valence-corrected chi connectivity index (χ3v) is 24.9. The Bertz CT molecular complexity index is 5550. The van der Waals surface area contributed by atoms with Gasteiger partial charge < -0.3 is 8.98 Å². The van der Waals surface area contributed by atoms with E-state index in [1.54, 1.807) is 101 Å². The molecule has 0 bridgehead atoms. The van der Waals surface area contributed by atoms with E-state index in [1.807, 2.05) is 64.7 Å². The Morgan fingerprint density at radius 2 is 0.820 bits per heavy atom. The number of hydrogen-bond acceptors (Lipinski definition) is 13. The van der Waals surface area contributed by atoms with Crippen LogP contribution in [0, 0.1) is 89.6 Å². The molecular weight excluding hydrogens is 1720 g/mol. The largest absolute Gasteiger partial charge is 0.425 e. The van der Waals surface area contributed by atoms with Crippen molar-refractivity contribution in [1.29, 1.82) is 0 Å². The van der Waals surface area contributed by atoms with Crippen LogP contribution in [0.4, 0.5) is 52.7 Å². The van der Waals surface area contributed by atoms with E-state index in [4.69, 9.17) is 39.2 Å². The van der Waals surface area contributed by atoms with Gasteiger partial charge in [0.1, 0.15) is 69.8 Å². The molecular formula is C93H96Cl3F12N9OS4.